The van der Waals surface area contributed by atoms with Gasteiger partial charge >= 0.3 is 0 Å². The van der Waals surface area contributed by atoms with Gasteiger partial charge in [-0.15, -0.1) is 12.4 Å². The number of hydrogen-bond donors (Lipinski definition) is 1. The van der Waals surface area contributed by atoms with Crippen molar-refractivity contribution in [2.45, 2.75) is 13.0 Å². The average Bonchev–Trinajstić information content (AvgIpc) is 2.93. The molecule has 1 unspecified atom stereocenters. The van der Waals surface area contributed by atoms with Crippen molar-refractivity contribution in [2.75, 3.05) is 19.6 Å². The summed E-state index contributed by atoms with van der Waals surface area (Å²) in [5, 5.41) is 8.03. The molecule has 1 atom stereocenters. The van der Waals surface area contributed by atoms with E-state index in [0.717, 1.165) is 29.8 Å². The Morgan fingerprint density at radius 2 is 2.23 bits per heavy atom. The molecule has 1 N–H and O–H groups in total. The molecule has 0 radical (unpaired) electrons. The molecule has 0 saturated carbocycles. The van der Waals surface area contributed by atoms with Crippen LogP contribution in [0.2, 0.25) is 5.02 Å². The Balaban J connectivity index is 0.00000176. The Bertz CT molecular complexity index is 659. The third-order valence-corrected chi connectivity index (χ3v) is 4.92. The van der Waals surface area contributed by atoms with Gasteiger partial charge in [0.1, 0.15) is 0 Å². The molecular weight excluding hydrogens is 339 g/mol. The predicted octanol–water partition coefficient (Wildman–Crippen LogP) is 3.92. The van der Waals surface area contributed by atoms with Crippen LogP contribution in [0, 0.1) is 6.92 Å². The molecule has 1 fully saturated rings. The van der Waals surface area contributed by atoms with E-state index in [-0.39, 0.29) is 24.4 Å². The van der Waals surface area contributed by atoms with Gasteiger partial charge in [-0.2, -0.15) is 11.3 Å². The van der Waals surface area contributed by atoms with E-state index in [4.69, 9.17) is 11.6 Å². The van der Waals surface area contributed by atoms with E-state index in [1.807, 2.05) is 46.8 Å². The Morgan fingerprint density at radius 3 is 2.91 bits per heavy atom. The highest BCUT2D eigenvalue weighted by Crippen LogP contribution is 2.27. The Kier molecular flexibility index (Phi) is 5.87. The average molecular weight is 357 g/mol. The number of carbonyl (C=O) groups is 1. The summed E-state index contributed by atoms with van der Waals surface area (Å²) in [6.45, 7) is 4.28. The molecule has 3 rings (SSSR count). The van der Waals surface area contributed by atoms with E-state index in [9.17, 15) is 4.79 Å². The number of halogens is 2. The highest BCUT2D eigenvalue weighted by molar-refractivity contribution is 7.08. The first-order valence-corrected chi connectivity index (χ1v) is 8.29. The quantitative estimate of drug-likeness (QED) is 0.884. The highest BCUT2D eigenvalue weighted by atomic mass is 35.5. The second-order valence-corrected chi connectivity index (χ2v) is 6.42. The van der Waals surface area contributed by atoms with Gasteiger partial charge in [0.25, 0.3) is 5.91 Å². The molecule has 0 spiro atoms. The lowest BCUT2D eigenvalue weighted by molar-refractivity contribution is 0.0634. The van der Waals surface area contributed by atoms with Crippen molar-refractivity contribution in [1.82, 2.24) is 10.2 Å². The number of thiophene rings is 1. The van der Waals surface area contributed by atoms with Crippen LogP contribution < -0.4 is 5.32 Å². The number of rotatable bonds is 2. The number of carbonyl (C=O) groups excluding carboxylic acids is 1. The summed E-state index contributed by atoms with van der Waals surface area (Å²) in [4.78, 5) is 14.8. The molecule has 6 heteroatoms. The Morgan fingerprint density at radius 1 is 1.41 bits per heavy atom. The number of aryl methyl sites for hydroxylation is 1. The fraction of sp³-hybridized carbons (Fsp3) is 0.312. The molecule has 1 aromatic heterocycles. The largest absolute Gasteiger partial charge is 0.329 e. The van der Waals surface area contributed by atoms with Gasteiger partial charge in [0.2, 0.25) is 0 Å². The molecule has 3 nitrogen and oxygen atoms in total. The minimum atomic E-state index is 0. The number of nitrogens with zero attached hydrogens (tertiary/aromatic N) is 1. The number of piperazine rings is 1. The maximum atomic E-state index is 12.8. The zero-order chi connectivity index (χ0) is 14.8. The summed E-state index contributed by atoms with van der Waals surface area (Å²) in [6.07, 6.45) is 0. The van der Waals surface area contributed by atoms with Crippen molar-refractivity contribution < 1.29 is 4.79 Å². The van der Waals surface area contributed by atoms with Gasteiger partial charge in [0.05, 0.1) is 11.6 Å². The van der Waals surface area contributed by atoms with Crippen LogP contribution in [0.4, 0.5) is 0 Å². The maximum absolute atomic E-state index is 12.8. The van der Waals surface area contributed by atoms with Crippen LogP contribution in [0.15, 0.2) is 35.0 Å². The van der Waals surface area contributed by atoms with E-state index in [1.165, 1.54) is 0 Å². The lowest BCUT2D eigenvalue weighted by atomic mass is 10.0. The highest BCUT2D eigenvalue weighted by Gasteiger charge is 2.29. The van der Waals surface area contributed by atoms with Gasteiger partial charge in [-0.25, -0.2) is 0 Å². The van der Waals surface area contributed by atoms with Crippen LogP contribution in [0.1, 0.15) is 27.5 Å². The Hall–Kier alpha value is -1.07. The normalized spacial score (nSPS) is 17.9. The van der Waals surface area contributed by atoms with Crippen LogP contribution in [0.3, 0.4) is 0 Å². The second-order valence-electron chi connectivity index (χ2n) is 5.24. The lowest BCUT2D eigenvalue weighted by Gasteiger charge is -2.36. The monoisotopic (exact) mass is 356 g/mol. The number of amides is 1. The maximum Gasteiger partial charge on any atom is 0.255 e. The van der Waals surface area contributed by atoms with Crippen molar-refractivity contribution in [2.24, 2.45) is 0 Å². The number of nitrogens with one attached hydrogen (secondary N) is 1. The van der Waals surface area contributed by atoms with Gasteiger partial charge in [0, 0.05) is 30.0 Å². The van der Waals surface area contributed by atoms with Crippen molar-refractivity contribution in [3.05, 3.63) is 56.7 Å². The molecule has 0 aliphatic carbocycles. The van der Waals surface area contributed by atoms with Gasteiger partial charge in [-0.1, -0.05) is 23.7 Å². The molecule has 118 valence electrons. The molecule has 1 aromatic carbocycles. The van der Waals surface area contributed by atoms with E-state index in [1.54, 1.807) is 11.3 Å². The fourth-order valence-electron chi connectivity index (χ4n) is 2.69. The number of hydrogen-bond acceptors (Lipinski definition) is 3. The van der Waals surface area contributed by atoms with Gasteiger partial charge in [-0.3, -0.25) is 4.79 Å². The molecule has 22 heavy (non-hydrogen) atoms. The first kappa shape index (κ1) is 17.3. The first-order chi connectivity index (χ1) is 10.2. The van der Waals surface area contributed by atoms with Crippen LogP contribution >= 0.6 is 35.3 Å². The summed E-state index contributed by atoms with van der Waals surface area (Å²) >= 11 is 7.67. The minimum absolute atomic E-state index is 0. The van der Waals surface area contributed by atoms with E-state index < -0.39 is 0 Å². The molecular formula is C16H18Cl2N2OS. The lowest BCUT2D eigenvalue weighted by Crippen LogP contribution is -2.48. The van der Waals surface area contributed by atoms with E-state index in [2.05, 4.69) is 5.32 Å². The van der Waals surface area contributed by atoms with Crippen LogP contribution in [0.5, 0.6) is 0 Å². The zero-order valence-electron chi connectivity index (χ0n) is 12.2. The SMILES string of the molecule is Cc1cscc1C(=O)N1CCNCC1c1cccc(Cl)c1.Cl. The molecule has 1 saturated heterocycles. The fourth-order valence-corrected chi connectivity index (χ4v) is 3.71. The molecule has 1 aliphatic heterocycles. The van der Waals surface area contributed by atoms with Gasteiger partial charge < -0.3 is 10.2 Å². The molecule has 0 bridgehead atoms. The van der Waals surface area contributed by atoms with Crippen LogP contribution in [0.25, 0.3) is 0 Å². The van der Waals surface area contributed by atoms with E-state index in [0.29, 0.717) is 11.6 Å². The van der Waals surface area contributed by atoms with Crippen LogP contribution in [-0.4, -0.2) is 30.4 Å². The summed E-state index contributed by atoms with van der Waals surface area (Å²) < 4.78 is 0. The van der Waals surface area contributed by atoms with Crippen LogP contribution in [-0.2, 0) is 0 Å². The molecule has 1 aliphatic rings. The van der Waals surface area contributed by atoms with Crippen molar-refractivity contribution in [3.8, 4) is 0 Å². The Labute approximate surface area is 145 Å². The third-order valence-electron chi connectivity index (χ3n) is 3.82. The predicted molar refractivity (Wildman–Crippen MR) is 94.4 cm³/mol. The first-order valence-electron chi connectivity index (χ1n) is 6.97. The standard InChI is InChI=1S/C16H17ClN2OS.ClH/c1-11-9-21-10-14(11)16(20)19-6-5-18-8-15(19)12-3-2-4-13(17)7-12;/h2-4,7,9-10,15,18H,5-6,8H2,1H3;1H. The summed E-state index contributed by atoms with van der Waals surface area (Å²) in [5.41, 5.74) is 2.94. The van der Waals surface area contributed by atoms with Gasteiger partial charge in [-0.05, 0) is 35.6 Å². The summed E-state index contributed by atoms with van der Waals surface area (Å²) in [5.74, 6) is 0.111. The molecule has 2 aromatic rings. The molecule has 1 amide bonds. The topological polar surface area (TPSA) is 32.3 Å². The van der Waals surface area contributed by atoms with Crippen molar-refractivity contribution in [1.29, 1.82) is 0 Å². The number of benzene rings is 1. The minimum Gasteiger partial charge on any atom is -0.329 e. The van der Waals surface area contributed by atoms with Crippen molar-refractivity contribution >= 4 is 41.3 Å². The van der Waals surface area contributed by atoms with Crippen molar-refractivity contribution in [3.63, 3.8) is 0 Å². The smallest absolute Gasteiger partial charge is 0.255 e. The molecule has 2 heterocycles. The second kappa shape index (κ2) is 7.47. The van der Waals surface area contributed by atoms with Gasteiger partial charge in [0.15, 0.2) is 0 Å². The third kappa shape index (κ3) is 3.46. The van der Waals surface area contributed by atoms with E-state index >= 15 is 0 Å². The summed E-state index contributed by atoms with van der Waals surface area (Å²) in [6, 6.07) is 7.80. The summed E-state index contributed by atoms with van der Waals surface area (Å²) in [7, 11) is 0. The zero-order valence-corrected chi connectivity index (χ0v) is 14.6.